The molecule has 0 bridgehead atoms. The monoisotopic (exact) mass is 276 g/mol. The van der Waals surface area contributed by atoms with Crippen molar-refractivity contribution in [3.8, 4) is 5.75 Å². The van der Waals surface area contributed by atoms with Gasteiger partial charge in [0.2, 0.25) is 0 Å². The van der Waals surface area contributed by atoms with E-state index in [9.17, 15) is 0 Å². The van der Waals surface area contributed by atoms with E-state index in [1.165, 1.54) is 69.3 Å². The molecule has 112 valence electrons. The number of nitrogens with one attached hydrogen (secondary N) is 1. The van der Waals surface area contributed by atoms with E-state index in [0.717, 1.165) is 12.4 Å². The number of benzene rings is 1. The Hall–Kier alpha value is -1.02. The number of rotatable bonds is 7. The summed E-state index contributed by atoms with van der Waals surface area (Å²) in [5.41, 5.74) is 2.52. The number of piperidine rings is 1. The van der Waals surface area contributed by atoms with Crippen molar-refractivity contribution < 1.29 is 9.64 Å². The molecule has 1 heterocycles. The van der Waals surface area contributed by atoms with Crippen molar-refractivity contribution in [1.29, 1.82) is 0 Å². The van der Waals surface area contributed by atoms with Crippen LogP contribution < -0.4 is 9.64 Å². The second-order valence-corrected chi connectivity index (χ2v) is 6.24. The topological polar surface area (TPSA) is 13.7 Å². The third kappa shape index (κ3) is 5.16. The molecule has 0 aliphatic carbocycles. The Balaban J connectivity index is 1.56. The van der Waals surface area contributed by atoms with Gasteiger partial charge in [-0.1, -0.05) is 12.1 Å². The molecule has 20 heavy (non-hydrogen) atoms. The second-order valence-electron chi connectivity index (χ2n) is 6.24. The molecule has 0 unspecified atom stereocenters. The molecule has 0 atom stereocenters. The van der Waals surface area contributed by atoms with Crippen molar-refractivity contribution in [3.05, 3.63) is 29.3 Å². The van der Waals surface area contributed by atoms with Gasteiger partial charge in [0.15, 0.2) is 0 Å². The highest BCUT2D eigenvalue weighted by atomic mass is 16.5. The van der Waals surface area contributed by atoms with Gasteiger partial charge in [-0.3, -0.25) is 0 Å². The maximum Gasteiger partial charge on any atom is 0.122 e. The summed E-state index contributed by atoms with van der Waals surface area (Å²) < 4.78 is 5.90. The molecule has 0 spiro atoms. The highest BCUT2D eigenvalue weighted by Gasteiger charge is 2.12. The van der Waals surface area contributed by atoms with E-state index in [2.05, 4.69) is 32.0 Å². The normalized spacial score (nSPS) is 16.3. The molecule has 1 N–H and O–H groups in total. The molecule has 1 aliphatic heterocycles. The summed E-state index contributed by atoms with van der Waals surface area (Å²) >= 11 is 0. The predicted octanol–water partition coefficient (Wildman–Crippen LogP) is 2.92. The summed E-state index contributed by atoms with van der Waals surface area (Å²) in [4.78, 5) is 1.83. The van der Waals surface area contributed by atoms with Crippen LogP contribution in [0.5, 0.6) is 5.75 Å². The van der Waals surface area contributed by atoms with Gasteiger partial charge in [-0.05, 0) is 69.6 Å². The maximum atomic E-state index is 5.90. The van der Waals surface area contributed by atoms with E-state index in [1.54, 1.807) is 0 Å². The molecule has 1 aromatic rings. The molecule has 0 aromatic heterocycles. The lowest BCUT2D eigenvalue weighted by Crippen LogP contribution is -3.12. The predicted molar refractivity (Wildman–Crippen MR) is 84.7 cm³/mol. The van der Waals surface area contributed by atoms with Crippen molar-refractivity contribution in [1.82, 2.24) is 0 Å². The van der Waals surface area contributed by atoms with Gasteiger partial charge in [0.1, 0.15) is 5.75 Å². The van der Waals surface area contributed by atoms with Crippen LogP contribution in [-0.4, -0.2) is 26.2 Å². The minimum absolute atomic E-state index is 0.861. The van der Waals surface area contributed by atoms with E-state index >= 15 is 0 Å². The minimum atomic E-state index is 0.861. The number of quaternary nitrogens is 1. The van der Waals surface area contributed by atoms with Crippen LogP contribution in [0.3, 0.4) is 0 Å². The van der Waals surface area contributed by atoms with Gasteiger partial charge >= 0.3 is 0 Å². The van der Waals surface area contributed by atoms with Gasteiger partial charge in [0.05, 0.1) is 26.2 Å². The number of unbranched alkanes of at least 4 members (excludes halogenated alkanes) is 2. The quantitative estimate of drug-likeness (QED) is 0.756. The molecule has 0 radical (unpaired) electrons. The largest absolute Gasteiger partial charge is 0.493 e. The van der Waals surface area contributed by atoms with Gasteiger partial charge in [-0.15, -0.1) is 0 Å². The Labute approximate surface area is 124 Å². The van der Waals surface area contributed by atoms with Crippen molar-refractivity contribution in [2.24, 2.45) is 0 Å². The Bertz CT molecular complexity index is 396. The zero-order valence-electron chi connectivity index (χ0n) is 13.2. The summed E-state index contributed by atoms with van der Waals surface area (Å²) in [5, 5.41) is 0. The van der Waals surface area contributed by atoms with Crippen molar-refractivity contribution in [2.45, 2.75) is 52.4 Å². The maximum absolute atomic E-state index is 5.90. The number of hydrogen-bond donors (Lipinski definition) is 1. The molecule has 1 saturated heterocycles. The van der Waals surface area contributed by atoms with Gasteiger partial charge in [-0.25, -0.2) is 0 Å². The summed E-state index contributed by atoms with van der Waals surface area (Å²) in [6.45, 7) is 9.27. The Kier molecular flexibility index (Phi) is 6.38. The highest BCUT2D eigenvalue weighted by Crippen LogP contribution is 2.19. The van der Waals surface area contributed by atoms with Gasteiger partial charge < -0.3 is 9.64 Å². The number of aryl methyl sites for hydroxylation is 2. The van der Waals surface area contributed by atoms with Crippen LogP contribution in [0.4, 0.5) is 0 Å². The van der Waals surface area contributed by atoms with Crippen LogP contribution in [0.15, 0.2) is 18.2 Å². The minimum Gasteiger partial charge on any atom is -0.493 e. The lowest BCUT2D eigenvalue weighted by Gasteiger charge is -2.23. The lowest BCUT2D eigenvalue weighted by molar-refractivity contribution is -0.905. The van der Waals surface area contributed by atoms with E-state index in [1.807, 2.05) is 4.90 Å². The number of ether oxygens (including phenoxy) is 1. The first kappa shape index (κ1) is 15.4. The van der Waals surface area contributed by atoms with E-state index in [4.69, 9.17) is 4.74 Å². The zero-order chi connectivity index (χ0) is 14.2. The average Bonchev–Trinajstić information content (AvgIpc) is 2.47. The summed E-state index contributed by atoms with van der Waals surface area (Å²) in [6.07, 6.45) is 8.16. The second kappa shape index (κ2) is 8.31. The molecule has 1 aliphatic rings. The van der Waals surface area contributed by atoms with Crippen LogP contribution >= 0.6 is 0 Å². The first-order chi connectivity index (χ1) is 9.75. The van der Waals surface area contributed by atoms with Gasteiger partial charge in [-0.2, -0.15) is 0 Å². The molecule has 0 amide bonds. The van der Waals surface area contributed by atoms with Crippen LogP contribution in [0.1, 0.15) is 49.7 Å². The number of likely N-dealkylation sites (tertiary alicyclic amines) is 1. The standard InChI is InChI=1S/C18H29NO/c1-16-9-10-17(2)18(15-16)20-14-8-4-7-13-19-11-5-3-6-12-19/h9-10,15H,3-8,11-14H2,1-2H3/p+1. The Morgan fingerprint density at radius 2 is 1.80 bits per heavy atom. The van der Waals surface area contributed by atoms with Crippen molar-refractivity contribution in [3.63, 3.8) is 0 Å². The third-order valence-corrected chi connectivity index (χ3v) is 4.34. The SMILES string of the molecule is Cc1ccc(C)c(OCCCCC[NH+]2CCCCC2)c1. The van der Waals surface area contributed by atoms with Crippen molar-refractivity contribution in [2.75, 3.05) is 26.2 Å². The summed E-state index contributed by atoms with van der Waals surface area (Å²) in [5.74, 6) is 1.06. The van der Waals surface area contributed by atoms with E-state index < -0.39 is 0 Å². The van der Waals surface area contributed by atoms with Crippen LogP contribution in [0, 0.1) is 13.8 Å². The van der Waals surface area contributed by atoms with Crippen LogP contribution in [-0.2, 0) is 0 Å². The fourth-order valence-corrected chi connectivity index (χ4v) is 3.00. The number of hydrogen-bond acceptors (Lipinski definition) is 1. The fraction of sp³-hybridized carbons (Fsp3) is 0.667. The van der Waals surface area contributed by atoms with Crippen LogP contribution in [0.25, 0.3) is 0 Å². The molecule has 2 nitrogen and oxygen atoms in total. The first-order valence-electron chi connectivity index (χ1n) is 8.29. The summed E-state index contributed by atoms with van der Waals surface area (Å²) in [6, 6.07) is 6.43. The van der Waals surface area contributed by atoms with E-state index in [0.29, 0.717) is 0 Å². The third-order valence-electron chi connectivity index (χ3n) is 4.34. The Morgan fingerprint density at radius 3 is 2.60 bits per heavy atom. The highest BCUT2D eigenvalue weighted by molar-refractivity contribution is 5.35. The summed E-state index contributed by atoms with van der Waals surface area (Å²) in [7, 11) is 0. The smallest absolute Gasteiger partial charge is 0.122 e. The molecule has 2 rings (SSSR count). The molecule has 1 aromatic carbocycles. The van der Waals surface area contributed by atoms with Crippen LogP contribution in [0.2, 0.25) is 0 Å². The molecule has 2 heteroatoms. The van der Waals surface area contributed by atoms with E-state index in [-0.39, 0.29) is 0 Å². The lowest BCUT2D eigenvalue weighted by atomic mass is 10.1. The van der Waals surface area contributed by atoms with Gasteiger partial charge in [0, 0.05) is 0 Å². The van der Waals surface area contributed by atoms with Gasteiger partial charge in [0.25, 0.3) is 0 Å². The Morgan fingerprint density at radius 1 is 1.00 bits per heavy atom. The molecule has 0 saturated carbocycles. The fourth-order valence-electron chi connectivity index (χ4n) is 3.00. The van der Waals surface area contributed by atoms with Crippen molar-refractivity contribution >= 4 is 0 Å². The average molecular weight is 276 g/mol. The molecular weight excluding hydrogens is 246 g/mol. The first-order valence-corrected chi connectivity index (χ1v) is 8.29. The molecule has 1 fully saturated rings. The zero-order valence-corrected chi connectivity index (χ0v) is 13.2. The molecular formula is C18H30NO+.